The molecule has 3 N–H and O–H groups in total. The predicted molar refractivity (Wildman–Crippen MR) is 118 cm³/mol. The zero-order valence-electron chi connectivity index (χ0n) is 16.1. The highest BCUT2D eigenvalue weighted by molar-refractivity contribution is 5.85. The minimum Gasteiger partial charge on any atom is -0.506 e. The number of hydrogen-bond donors (Lipinski definition) is 3. The Kier molecular flexibility index (Phi) is 10.1. The maximum atomic E-state index is 12.2. The van der Waals surface area contributed by atoms with E-state index in [0.29, 0.717) is 36.6 Å². The molecule has 0 aliphatic heterocycles. The molecule has 3 aromatic rings. The molecule has 9 heteroatoms. The van der Waals surface area contributed by atoms with Gasteiger partial charge in [0.25, 0.3) is 5.56 Å². The molecular formula is C20H25Cl2N5O2. The van der Waals surface area contributed by atoms with Gasteiger partial charge in [-0.1, -0.05) is 6.07 Å². The van der Waals surface area contributed by atoms with Gasteiger partial charge in [0.05, 0.1) is 5.69 Å². The lowest BCUT2D eigenvalue weighted by atomic mass is 10.1. The van der Waals surface area contributed by atoms with Gasteiger partial charge in [0.2, 0.25) is 5.95 Å². The Hall–Kier alpha value is -2.64. The predicted octanol–water partition coefficient (Wildman–Crippen LogP) is 3.44. The largest absolute Gasteiger partial charge is 0.506 e. The minimum absolute atomic E-state index is 0. The number of nitrogens with zero attached hydrogens (tertiary/aromatic N) is 3. The number of pyridine rings is 2. The van der Waals surface area contributed by atoms with E-state index in [0.717, 1.165) is 24.1 Å². The van der Waals surface area contributed by atoms with Crippen molar-refractivity contribution in [3.05, 3.63) is 75.7 Å². The Balaban J connectivity index is 0.00000210. The Morgan fingerprint density at radius 2 is 1.97 bits per heavy atom. The summed E-state index contributed by atoms with van der Waals surface area (Å²) in [5.74, 6) is 0.697. The van der Waals surface area contributed by atoms with Crippen molar-refractivity contribution in [3.8, 4) is 5.75 Å². The van der Waals surface area contributed by atoms with E-state index in [9.17, 15) is 9.90 Å². The number of aryl methyl sites for hydroxylation is 2. The second-order valence-corrected chi connectivity index (χ2v) is 6.42. The van der Waals surface area contributed by atoms with Crippen LogP contribution in [0.15, 0.2) is 47.7 Å². The number of halogens is 2. The second-order valence-electron chi connectivity index (χ2n) is 6.42. The van der Waals surface area contributed by atoms with Crippen molar-refractivity contribution in [2.75, 3.05) is 11.9 Å². The van der Waals surface area contributed by atoms with Crippen molar-refractivity contribution in [1.82, 2.24) is 19.9 Å². The third-order valence-corrected chi connectivity index (χ3v) is 4.24. The van der Waals surface area contributed by atoms with E-state index in [4.69, 9.17) is 0 Å². The van der Waals surface area contributed by atoms with Crippen LogP contribution in [-0.4, -0.2) is 31.6 Å². The average Bonchev–Trinajstić information content (AvgIpc) is 2.67. The summed E-state index contributed by atoms with van der Waals surface area (Å²) >= 11 is 0. The first-order valence-corrected chi connectivity index (χ1v) is 8.98. The van der Waals surface area contributed by atoms with Crippen LogP contribution in [0.5, 0.6) is 5.75 Å². The summed E-state index contributed by atoms with van der Waals surface area (Å²) in [5, 5.41) is 12.8. The highest BCUT2D eigenvalue weighted by Gasteiger charge is 2.05. The lowest BCUT2D eigenvalue weighted by Crippen LogP contribution is -2.17. The number of nitrogens with one attached hydrogen (secondary N) is 2. The van der Waals surface area contributed by atoms with Crippen molar-refractivity contribution in [2.45, 2.75) is 32.6 Å². The van der Waals surface area contributed by atoms with E-state index in [1.165, 1.54) is 0 Å². The molecule has 0 saturated carbocycles. The van der Waals surface area contributed by atoms with E-state index < -0.39 is 0 Å². The lowest BCUT2D eigenvalue weighted by Gasteiger charge is -2.07. The Bertz CT molecular complexity index is 948. The summed E-state index contributed by atoms with van der Waals surface area (Å²) in [6.07, 6.45) is 8.11. The number of aromatic amines is 1. The molecule has 7 nitrogen and oxygen atoms in total. The number of hydrogen-bond acceptors (Lipinski definition) is 6. The van der Waals surface area contributed by atoms with Crippen molar-refractivity contribution < 1.29 is 5.11 Å². The fraction of sp³-hybridized carbons (Fsp3) is 0.300. The number of H-pyrrole nitrogens is 1. The van der Waals surface area contributed by atoms with Crippen molar-refractivity contribution in [3.63, 3.8) is 0 Å². The molecule has 0 amide bonds. The van der Waals surface area contributed by atoms with E-state index in [1.807, 2.05) is 19.1 Å². The van der Waals surface area contributed by atoms with Crippen LogP contribution in [-0.2, 0) is 12.8 Å². The molecule has 0 spiro atoms. The zero-order valence-corrected chi connectivity index (χ0v) is 17.7. The summed E-state index contributed by atoms with van der Waals surface area (Å²) < 4.78 is 0. The van der Waals surface area contributed by atoms with Gasteiger partial charge in [0.1, 0.15) is 5.75 Å². The van der Waals surface area contributed by atoms with Crippen LogP contribution in [0.1, 0.15) is 35.4 Å². The first-order chi connectivity index (χ1) is 13.1. The highest BCUT2D eigenvalue weighted by Crippen LogP contribution is 2.15. The van der Waals surface area contributed by atoms with Crippen molar-refractivity contribution in [1.29, 1.82) is 0 Å². The van der Waals surface area contributed by atoms with Crippen molar-refractivity contribution in [2.24, 2.45) is 0 Å². The molecule has 0 atom stereocenters. The van der Waals surface area contributed by atoms with Gasteiger partial charge >= 0.3 is 0 Å². The van der Waals surface area contributed by atoms with Crippen LogP contribution in [0.25, 0.3) is 0 Å². The lowest BCUT2D eigenvalue weighted by molar-refractivity contribution is 0.462. The molecule has 0 aromatic carbocycles. The van der Waals surface area contributed by atoms with Gasteiger partial charge in [0.15, 0.2) is 0 Å². The summed E-state index contributed by atoms with van der Waals surface area (Å²) in [6, 6.07) is 7.25. The van der Waals surface area contributed by atoms with Gasteiger partial charge in [-0.2, -0.15) is 4.98 Å². The maximum Gasteiger partial charge on any atom is 0.277 e. The van der Waals surface area contributed by atoms with Gasteiger partial charge in [-0.3, -0.25) is 14.8 Å². The first kappa shape index (κ1) is 24.4. The normalized spacial score (nSPS) is 9.97. The highest BCUT2D eigenvalue weighted by atomic mass is 35.5. The number of anilines is 1. The van der Waals surface area contributed by atoms with Crippen LogP contribution in [0.2, 0.25) is 0 Å². The molecule has 29 heavy (non-hydrogen) atoms. The van der Waals surface area contributed by atoms with Crippen LogP contribution in [0.3, 0.4) is 0 Å². The second kappa shape index (κ2) is 12.0. The smallest absolute Gasteiger partial charge is 0.277 e. The van der Waals surface area contributed by atoms with Gasteiger partial charge in [-0.25, -0.2) is 0 Å². The number of unbranched alkanes of at least 4 members (excludes halogenated alkanes) is 1. The molecular weight excluding hydrogens is 413 g/mol. The third kappa shape index (κ3) is 7.36. The molecule has 0 unspecified atom stereocenters. The van der Waals surface area contributed by atoms with E-state index in [1.54, 1.807) is 30.7 Å². The summed E-state index contributed by atoms with van der Waals surface area (Å²) in [7, 11) is 0. The van der Waals surface area contributed by atoms with Crippen LogP contribution >= 0.6 is 24.8 Å². The van der Waals surface area contributed by atoms with E-state index >= 15 is 0 Å². The fourth-order valence-electron chi connectivity index (χ4n) is 2.71. The number of aromatic nitrogens is 4. The van der Waals surface area contributed by atoms with Gasteiger partial charge in [0, 0.05) is 42.8 Å². The van der Waals surface area contributed by atoms with Gasteiger partial charge in [-0.05, 0) is 49.9 Å². The Labute approximate surface area is 181 Å². The van der Waals surface area contributed by atoms with Crippen molar-refractivity contribution >= 4 is 30.8 Å². The number of rotatable bonds is 8. The van der Waals surface area contributed by atoms with Gasteiger partial charge in [-0.15, -0.1) is 24.8 Å². The molecule has 156 valence electrons. The molecule has 0 bridgehead atoms. The van der Waals surface area contributed by atoms with E-state index in [-0.39, 0.29) is 36.1 Å². The minimum atomic E-state index is -0.241. The summed E-state index contributed by atoms with van der Waals surface area (Å²) in [5.41, 5.74) is 3.00. The van der Waals surface area contributed by atoms with Crippen LogP contribution in [0.4, 0.5) is 5.95 Å². The Morgan fingerprint density at radius 3 is 2.66 bits per heavy atom. The monoisotopic (exact) mass is 437 g/mol. The molecule has 3 heterocycles. The molecule has 0 aliphatic rings. The summed E-state index contributed by atoms with van der Waals surface area (Å²) in [6.45, 7) is 2.61. The van der Waals surface area contributed by atoms with E-state index in [2.05, 4.69) is 25.3 Å². The number of aromatic hydroxyl groups is 1. The first-order valence-electron chi connectivity index (χ1n) is 8.98. The quantitative estimate of drug-likeness (QED) is 0.466. The molecule has 3 aromatic heterocycles. The zero-order chi connectivity index (χ0) is 19.1. The molecule has 0 aliphatic carbocycles. The SMILES string of the molecule is Cc1ccc(Cc2c[nH]c(NCCCCc3ncccc3O)nc2=O)cn1.Cl.Cl. The van der Waals surface area contributed by atoms with Crippen LogP contribution < -0.4 is 10.9 Å². The van der Waals surface area contributed by atoms with Crippen LogP contribution in [0, 0.1) is 6.92 Å². The maximum absolute atomic E-state index is 12.2. The summed E-state index contributed by atoms with van der Waals surface area (Å²) in [4.78, 5) is 27.7. The topological polar surface area (TPSA) is 104 Å². The Morgan fingerprint density at radius 1 is 1.14 bits per heavy atom. The molecule has 3 rings (SSSR count). The fourth-order valence-corrected chi connectivity index (χ4v) is 2.71. The molecule has 0 saturated heterocycles. The average molecular weight is 438 g/mol. The standard InChI is InChI=1S/C20H23N5O2.2ClH/c1-14-7-8-15(12-23-14)11-16-13-24-20(25-19(16)27)22-9-3-2-5-17-18(26)6-4-10-21-17;;/h4,6-8,10,12-13,26H,2-3,5,9,11H2,1H3,(H2,22,24,25,27);2*1H. The molecule has 0 radical (unpaired) electrons. The third-order valence-electron chi connectivity index (χ3n) is 4.24. The molecule has 0 fully saturated rings. The van der Waals surface area contributed by atoms with Gasteiger partial charge < -0.3 is 15.4 Å².